The molecule has 0 radical (unpaired) electrons. The number of rotatable bonds is 0. The highest BCUT2D eigenvalue weighted by molar-refractivity contribution is 9.10. The lowest BCUT2D eigenvalue weighted by Crippen LogP contribution is -2.27. The molecule has 0 amide bonds. The normalized spacial score (nSPS) is 28.1. The molecule has 0 aliphatic carbocycles. The largest absolute Gasteiger partial charge is 0.384 e. The third kappa shape index (κ3) is 1.49. The van der Waals surface area contributed by atoms with E-state index < -0.39 is 0 Å². The van der Waals surface area contributed by atoms with Gasteiger partial charge in [0.15, 0.2) is 0 Å². The van der Waals surface area contributed by atoms with Crippen molar-refractivity contribution in [1.29, 1.82) is 0 Å². The second kappa shape index (κ2) is 3.49. The van der Waals surface area contributed by atoms with Gasteiger partial charge in [-0.2, -0.15) is 0 Å². The van der Waals surface area contributed by atoms with Gasteiger partial charge in [0.25, 0.3) is 0 Å². The van der Waals surface area contributed by atoms with E-state index in [0.29, 0.717) is 5.92 Å². The smallest absolute Gasteiger partial charge is 0.0406 e. The monoisotopic (exact) mass is 266 g/mol. The van der Waals surface area contributed by atoms with Crippen molar-refractivity contribution in [3.05, 3.63) is 27.7 Å². The van der Waals surface area contributed by atoms with E-state index in [4.69, 9.17) is 0 Å². The van der Waals surface area contributed by atoms with Crippen LogP contribution in [0.25, 0.3) is 0 Å². The molecule has 2 aliphatic heterocycles. The summed E-state index contributed by atoms with van der Waals surface area (Å²) in [5, 5.41) is 7.06. The van der Waals surface area contributed by atoms with E-state index in [9.17, 15) is 0 Å². The Hall–Kier alpha value is -0.540. The molecule has 1 fully saturated rings. The van der Waals surface area contributed by atoms with Crippen LogP contribution in [0.1, 0.15) is 17.0 Å². The Morgan fingerprint density at radius 3 is 3.00 bits per heavy atom. The first-order chi connectivity index (χ1) is 7.25. The van der Waals surface area contributed by atoms with Gasteiger partial charge in [-0.25, -0.2) is 0 Å². The van der Waals surface area contributed by atoms with Crippen LogP contribution in [0.3, 0.4) is 0 Å². The fourth-order valence-electron chi connectivity index (χ4n) is 2.85. The fraction of sp³-hybridized carbons (Fsp3) is 0.500. The summed E-state index contributed by atoms with van der Waals surface area (Å²) in [5.41, 5.74) is 4.20. The molecule has 0 spiro atoms. The van der Waals surface area contributed by atoms with E-state index in [1.54, 1.807) is 0 Å². The van der Waals surface area contributed by atoms with Crippen LogP contribution in [0.4, 0.5) is 5.69 Å². The Balaban J connectivity index is 2.12. The maximum atomic E-state index is 3.59. The Morgan fingerprint density at radius 2 is 2.13 bits per heavy atom. The minimum atomic E-state index is 0.706. The number of halogens is 1. The number of aryl methyl sites for hydroxylation is 1. The zero-order valence-corrected chi connectivity index (χ0v) is 10.4. The number of hydrogen-bond donors (Lipinski definition) is 2. The highest BCUT2D eigenvalue weighted by Gasteiger charge is 2.33. The Bertz CT molecular complexity index is 403. The van der Waals surface area contributed by atoms with Crippen molar-refractivity contribution in [1.82, 2.24) is 5.32 Å². The molecule has 3 heteroatoms. The average molecular weight is 267 g/mol. The molecule has 80 valence electrons. The maximum Gasteiger partial charge on any atom is 0.0406 e. The molecule has 1 saturated heterocycles. The summed E-state index contributed by atoms with van der Waals surface area (Å²) < 4.78 is 1.20. The third-order valence-electron chi connectivity index (χ3n) is 3.61. The van der Waals surface area contributed by atoms with Crippen LogP contribution < -0.4 is 10.6 Å². The third-order valence-corrected chi connectivity index (χ3v) is 4.07. The van der Waals surface area contributed by atoms with Crippen LogP contribution in [-0.2, 0) is 0 Å². The van der Waals surface area contributed by atoms with Crippen molar-refractivity contribution >= 4 is 21.6 Å². The predicted molar refractivity (Wildman–Crippen MR) is 66.5 cm³/mol. The van der Waals surface area contributed by atoms with Crippen LogP contribution in [0.15, 0.2) is 16.6 Å². The second-order valence-electron chi connectivity index (χ2n) is 4.59. The molecule has 15 heavy (non-hydrogen) atoms. The van der Waals surface area contributed by atoms with E-state index in [1.807, 2.05) is 0 Å². The lowest BCUT2D eigenvalue weighted by atomic mass is 9.84. The molecule has 2 atom stereocenters. The van der Waals surface area contributed by atoms with Crippen molar-refractivity contribution < 1.29 is 0 Å². The second-order valence-corrected chi connectivity index (χ2v) is 5.51. The lowest BCUT2D eigenvalue weighted by molar-refractivity contribution is 0.529. The van der Waals surface area contributed by atoms with E-state index in [1.165, 1.54) is 21.3 Å². The first kappa shape index (κ1) is 9.67. The first-order valence-corrected chi connectivity index (χ1v) is 6.29. The van der Waals surface area contributed by atoms with Gasteiger partial charge in [0.2, 0.25) is 0 Å². The molecule has 0 aromatic heterocycles. The topological polar surface area (TPSA) is 24.1 Å². The van der Waals surface area contributed by atoms with E-state index in [-0.39, 0.29) is 0 Å². The Morgan fingerprint density at radius 1 is 1.27 bits per heavy atom. The summed E-state index contributed by atoms with van der Waals surface area (Å²) in [4.78, 5) is 0. The van der Waals surface area contributed by atoms with Gasteiger partial charge in [0.05, 0.1) is 0 Å². The van der Waals surface area contributed by atoms with Gasteiger partial charge >= 0.3 is 0 Å². The number of anilines is 1. The summed E-state index contributed by atoms with van der Waals surface area (Å²) in [5.74, 6) is 1.48. The average Bonchev–Trinajstić information content (AvgIpc) is 2.65. The number of fused-ring (bicyclic) bond motifs is 3. The highest BCUT2D eigenvalue weighted by atomic mass is 79.9. The van der Waals surface area contributed by atoms with Crippen LogP contribution >= 0.6 is 15.9 Å². The SMILES string of the molecule is Cc1cc(Br)cc2c1NC[C@H]1CNC[C@@H]21. The van der Waals surface area contributed by atoms with Crippen molar-refractivity contribution in [3.8, 4) is 0 Å². The molecule has 2 aliphatic rings. The molecular weight excluding hydrogens is 252 g/mol. The first-order valence-electron chi connectivity index (χ1n) is 5.50. The van der Waals surface area contributed by atoms with Gasteiger partial charge in [-0.05, 0) is 36.1 Å². The molecule has 1 aromatic carbocycles. The summed E-state index contributed by atoms with van der Waals surface area (Å²) >= 11 is 3.59. The molecule has 1 aromatic rings. The quantitative estimate of drug-likeness (QED) is 0.754. The van der Waals surface area contributed by atoms with Gasteiger partial charge < -0.3 is 10.6 Å². The summed E-state index contributed by atoms with van der Waals surface area (Å²) in [7, 11) is 0. The summed E-state index contributed by atoms with van der Waals surface area (Å²) in [6.07, 6.45) is 0. The fourth-order valence-corrected chi connectivity index (χ4v) is 3.44. The van der Waals surface area contributed by atoms with Crippen molar-refractivity contribution in [3.63, 3.8) is 0 Å². The van der Waals surface area contributed by atoms with Gasteiger partial charge in [-0.1, -0.05) is 15.9 Å². The standard InChI is InChI=1S/C12H15BrN2/c1-7-2-9(13)3-10-11-6-14-4-8(11)5-15-12(7)10/h2-3,8,11,14-15H,4-6H2,1H3/t8-,11-/m1/s1. The molecule has 0 bridgehead atoms. The summed E-state index contributed by atoms with van der Waals surface area (Å²) in [6.45, 7) is 5.59. The van der Waals surface area contributed by atoms with Crippen molar-refractivity contribution in [2.24, 2.45) is 5.92 Å². The minimum absolute atomic E-state index is 0.706. The van der Waals surface area contributed by atoms with E-state index in [2.05, 4.69) is 45.6 Å². The van der Waals surface area contributed by atoms with E-state index in [0.717, 1.165) is 25.6 Å². The molecule has 0 unspecified atom stereocenters. The van der Waals surface area contributed by atoms with Gasteiger partial charge in [-0.15, -0.1) is 0 Å². The number of nitrogens with one attached hydrogen (secondary N) is 2. The highest BCUT2D eigenvalue weighted by Crippen LogP contribution is 2.40. The van der Waals surface area contributed by atoms with Crippen LogP contribution in [0.5, 0.6) is 0 Å². The molecule has 2 heterocycles. The van der Waals surface area contributed by atoms with Crippen molar-refractivity contribution in [2.75, 3.05) is 25.0 Å². The van der Waals surface area contributed by atoms with Crippen LogP contribution in [0.2, 0.25) is 0 Å². The van der Waals surface area contributed by atoms with Crippen LogP contribution in [0, 0.1) is 12.8 Å². The lowest BCUT2D eigenvalue weighted by Gasteiger charge is -2.30. The Kier molecular flexibility index (Phi) is 2.25. The molecule has 0 saturated carbocycles. The van der Waals surface area contributed by atoms with Gasteiger partial charge in [0.1, 0.15) is 0 Å². The molecule has 2 nitrogen and oxygen atoms in total. The van der Waals surface area contributed by atoms with Gasteiger partial charge in [-0.3, -0.25) is 0 Å². The summed E-state index contributed by atoms with van der Waals surface area (Å²) in [6, 6.07) is 4.47. The molecule has 2 N–H and O–H groups in total. The number of benzene rings is 1. The zero-order chi connectivity index (χ0) is 10.4. The van der Waals surface area contributed by atoms with Crippen molar-refractivity contribution in [2.45, 2.75) is 12.8 Å². The van der Waals surface area contributed by atoms with Crippen LogP contribution in [-0.4, -0.2) is 19.6 Å². The minimum Gasteiger partial charge on any atom is -0.384 e. The maximum absolute atomic E-state index is 3.59. The molecule has 3 rings (SSSR count). The van der Waals surface area contributed by atoms with E-state index >= 15 is 0 Å². The predicted octanol–water partition coefficient (Wildman–Crippen LogP) is 2.49. The number of hydrogen-bond acceptors (Lipinski definition) is 2. The molecular formula is C12H15BrN2. The zero-order valence-electron chi connectivity index (χ0n) is 8.81. The Labute approximate surface area is 98.6 Å². The van der Waals surface area contributed by atoms with Gasteiger partial charge in [0, 0.05) is 35.7 Å².